The number of morpholine rings is 1. The molecule has 2 aliphatic carbocycles. The van der Waals surface area contributed by atoms with E-state index in [-0.39, 0.29) is 17.4 Å². The Labute approximate surface area is 143 Å². The van der Waals surface area contributed by atoms with Crippen molar-refractivity contribution in [3.63, 3.8) is 0 Å². The van der Waals surface area contributed by atoms with Gasteiger partial charge in [0.1, 0.15) is 5.75 Å². The first-order valence-electron chi connectivity index (χ1n) is 9.44. The minimum atomic E-state index is 0.0361. The van der Waals surface area contributed by atoms with Gasteiger partial charge in [-0.2, -0.15) is 0 Å². The van der Waals surface area contributed by atoms with Gasteiger partial charge in [0.15, 0.2) is 0 Å². The second kappa shape index (κ2) is 5.48. The van der Waals surface area contributed by atoms with E-state index >= 15 is 0 Å². The van der Waals surface area contributed by atoms with Gasteiger partial charge < -0.3 is 14.4 Å². The molecule has 2 heterocycles. The summed E-state index contributed by atoms with van der Waals surface area (Å²) < 4.78 is 11.8. The lowest BCUT2D eigenvalue weighted by Gasteiger charge is -2.44. The number of amides is 1. The maximum atomic E-state index is 13.3. The van der Waals surface area contributed by atoms with Crippen LogP contribution >= 0.6 is 0 Å². The molecule has 2 saturated carbocycles. The van der Waals surface area contributed by atoms with Gasteiger partial charge in [0, 0.05) is 23.4 Å². The van der Waals surface area contributed by atoms with Crippen LogP contribution < -0.4 is 4.74 Å². The molecular formula is C20H25NO3. The summed E-state index contributed by atoms with van der Waals surface area (Å²) in [4.78, 5) is 15.5. The number of hydrogen-bond acceptors (Lipinski definition) is 3. The van der Waals surface area contributed by atoms with E-state index in [2.05, 4.69) is 17.0 Å². The van der Waals surface area contributed by atoms with Crippen molar-refractivity contribution in [2.45, 2.75) is 56.1 Å². The fourth-order valence-electron chi connectivity index (χ4n) is 5.25. The van der Waals surface area contributed by atoms with Gasteiger partial charge >= 0.3 is 0 Å². The van der Waals surface area contributed by atoms with Crippen LogP contribution in [0, 0.1) is 5.92 Å². The Kier molecular flexibility index (Phi) is 3.37. The van der Waals surface area contributed by atoms with Crippen LogP contribution in [0.1, 0.15) is 44.1 Å². The molecule has 4 atom stereocenters. The highest BCUT2D eigenvalue weighted by Crippen LogP contribution is 2.61. The van der Waals surface area contributed by atoms with Crippen LogP contribution in [0.15, 0.2) is 24.3 Å². The smallest absolute Gasteiger partial charge is 0.227 e. The Bertz CT molecular complexity index is 658. The topological polar surface area (TPSA) is 38.8 Å². The van der Waals surface area contributed by atoms with Crippen LogP contribution in [-0.4, -0.2) is 42.7 Å². The fraction of sp³-hybridized carbons (Fsp3) is 0.650. The van der Waals surface area contributed by atoms with E-state index in [0.29, 0.717) is 18.6 Å². The lowest BCUT2D eigenvalue weighted by atomic mass is 9.86. The third-order valence-electron chi connectivity index (χ3n) is 6.62. The van der Waals surface area contributed by atoms with E-state index < -0.39 is 0 Å². The molecule has 24 heavy (non-hydrogen) atoms. The normalized spacial score (nSPS) is 37.3. The number of carbonyl (C=O) groups excluding carboxylic acids is 1. The number of carbonyl (C=O) groups is 1. The zero-order valence-corrected chi connectivity index (χ0v) is 14.1. The number of ether oxygens (including phenoxy) is 2. The van der Waals surface area contributed by atoms with Gasteiger partial charge in [0.2, 0.25) is 5.91 Å². The Hall–Kier alpha value is -1.55. The molecule has 5 rings (SSSR count). The summed E-state index contributed by atoms with van der Waals surface area (Å²) in [6, 6.07) is 8.60. The lowest BCUT2D eigenvalue weighted by molar-refractivity contribution is -0.151. The molecule has 2 aliphatic heterocycles. The average molecular weight is 327 g/mol. The first-order chi connectivity index (χ1) is 11.8. The van der Waals surface area contributed by atoms with Gasteiger partial charge in [0.05, 0.1) is 25.4 Å². The summed E-state index contributed by atoms with van der Waals surface area (Å²) in [5.74, 6) is 1.49. The lowest BCUT2D eigenvalue weighted by Crippen LogP contribution is -2.55. The van der Waals surface area contributed by atoms with Gasteiger partial charge in [-0.3, -0.25) is 4.79 Å². The van der Waals surface area contributed by atoms with Crippen molar-refractivity contribution in [3.05, 3.63) is 29.8 Å². The zero-order valence-electron chi connectivity index (χ0n) is 14.1. The van der Waals surface area contributed by atoms with Crippen molar-refractivity contribution < 1.29 is 14.3 Å². The van der Waals surface area contributed by atoms with Crippen molar-refractivity contribution in [1.82, 2.24) is 4.90 Å². The van der Waals surface area contributed by atoms with E-state index in [4.69, 9.17) is 9.47 Å². The Balaban J connectivity index is 1.40. The second-order valence-corrected chi connectivity index (χ2v) is 7.80. The quantitative estimate of drug-likeness (QED) is 0.796. The van der Waals surface area contributed by atoms with E-state index in [1.165, 1.54) is 18.4 Å². The monoisotopic (exact) mass is 327 g/mol. The van der Waals surface area contributed by atoms with E-state index in [0.717, 1.165) is 44.6 Å². The minimum absolute atomic E-state index is 0.0361. The first kappa shape index (κ1) is 14.8. The molecule has 4 heteroatoms. The summed E-state index contributed by atoms with van der Waals surface area (Å²) in [5.41, 5.74) is 1.29. The molecule has 4 nitrogen and oxygen atoms in total. The number of benzene rings is 1. The largest absolute Gasteiger partial charge is 0.493 e. The van der Waals surface area contributed by atoms with Crippen molar-refractivity contribution in [3.8, 4) is 5.75 Å². The van der Waals surface area contributed by atoms with Gasteiger partial charge in [-0.15, -0.1) is 0 Å². The Morgan fingerprint density at radius 1 is 1.17 bits per heavy atom. The van der Waals surface area contributed by atoms with Crippen LogP contribution in [0.5, 0.6) is 5.75 Å². The fourth-order valence-corrected chi connectivity index (χ4v) is 5.25. The summed E-state index contributed by atoms with van der Waals surface area (Å²) in [7, 11) is 0. The summed E-state index contributed by atoms with van der Waals surface area (Å²) in [5, 5.41) is 0. The highest BCUT2D eigenvalue weighted by atomic mass is 16.5. The van der Waals surface area contributed by atoms with E-state index in [9.17, 15) is 4.79 Å². The van der Waals surface area contributed by atoms with E-state index in [1.807, 2.05) is 12.1 Å². The zero-order chi connectivity index (χ0) is 16.1. The van der Waals surface area contributed by atoms with Crippen LogP contribution in [0.2, 0.25) is 0 Å². The highest BCUT2D eigenvalue weighted by Gasteiger charge is 2.62. The Morgan fingerprint density at radius 2 is 2.04 bits per heavy atom. The molecule has 1 saturated heterocycles. The van der Waals surface area contributed by atoms with Gasteiger partial charge in [-0.25, -0.2) is 0 Å². The maximum absolute atomic E-state index is 13.3. The molecule has 1 amide bonds. The molecule has 0 bridgehead atoms. The van der Waals surface area contributed by atoms with Crippen molar-refractivity contribution in [1.29, 1.82) is 0 Å². The number of hydrogen-bond donors (Lipinski definition) is 0. The summed E-state index contributed by atoms with van der Waals surface area (Å²) >= 11 is 0. The van der Waals surface area contributed by atoms with Gasteiger partial charge in [-0.05, 0) is 31.7 Å². The van der Waals surface area contributed by atoms with Crippen LogP contribution in [0.4, 0.5) is 0 Å². The molecule has 0 radical (unpaired) electrons. The predicted octanol–water partition coefficient (Wildman–Crippen LogP) is 2.90. The van der Waals surface area contributed by atoms with Crippen LogP contribution in [0.3, 0.4) is 0 Å². The number of para-hydroxylation sites is 1. The van der Waals surface area contributed by atoms with Crippen molar-refractivity contribution in [2.24, 2.45) is 5.92 Å². The first-order valence-corrected chi connectivity index (χ1v) is 9.44. The van der Waals surface area contributed by atoms with Crippen LogP contribution in [-0.2, 0) is 14.9 Å². The predicted molar refractivity (Wildman–Crippen MR) is 90.0 cm³/mol. The molecule has 1 spiro atoms. The second-order valence-electron chi connectivity index (χ2n) is 7.80. The number of rotatable bonds is 1. The molecule has 128 valence electrons. The molecule has 3 fully saturated rings. The molecule has 1 aromatic rings. The number of nitrogens with zero attached hydrogens (tertiary/aromatic N) is 1. The van der Waals surface area contributed by atoms with Crippen LogP contribution in [0.25, 0.3) is 0 Å². The average Bonchev–Trinajstić information content (AvgIpc) is 3.36. The summed E-state index contributed by atoms with van der Waals surface area (Å²) in [6.07, 6.45) is 6.91. The molecule has 0 aromatic heterocycles. The van der Waals surface area contributed by atoms with E-state index in [1.54, 1.807) is 0 Å². The summed E-state index contributed by atoms with van der Waals surface area (Å²) in [6.45, 7) is 2.20. The Morgan fingerprint density at radius 3 is 3.00 bits per heavy atom. The third-order valence-corrected chi connectivity index (χ3v) is 6.62. The van der Waals surface area contributed by atoms with Crippen molar-refractivity contribution in [2.75, 3.05) is 19.8 Å². The molecule has 4 aliphatic rings. The third kappa shape index (κ3) is 2.12. The molecular weight excluding hydrogens is 302 g/mol. The number of fused-ring (bicyclic) bond motifs is 3. The van der Waals surface area contributed by atoms with Gasteiger partial charge in [0.25, 0.3) is 0 Å². The molecule has 1 aromatic carbocycles. The molecule has 0 N–H and O–H groups in total. The minimum Gasteiger partial charge on any atom is -0.493 e. The molecule has 0 unspecified atom stereocenters. The highest BCUT2D eigenvalue weighted by molar-refractivity contribution is 5.85. The SMILES string of the molecule is O=C([C@@H]1C[C@]12CCOc1ccccc12)N1CCO[C@@H]2CCCC[C@@H]21. The maximum Gasteiger partial charge on any atom is 0.227 e. The van der Waals surface area contributed by atoms with Gasteiger partial charge in [-0.1, -0.05) is 31.0 Å². The standard InChI is InChI=1S/C20H25NO3/c22-19(21-10-12-24-18-8-4-2-6-16(18)21)15-13-20(15)9-11-23-17-7-3-1-5-14(17)20/h1,3,5,7,15-16,18H,2,4,6,8-13H2/t15-,16-,18+,20-/m0/s1. The van der Waals surface area contributed by atoms with Crippen molar-refractivity contribution >= 4 is 5.91 Å².